The molecule has 1 aliphatic rings. The van der Waals surface area contributed by atoms with Crippen molar-refractivity contribution in [3.05, 3.63) is 82.5 Å². The number of hydrogen-bond acceptors (Lipinski definition) is 4. The average Bonchev–Trinajstić information content (AvgIpc) is 2.85. The number of hydrogen-bond donors (Lipinski definition) is 0. The lowest BCUT2D eigenvalue weighted by molar-refractivity contribution is 0.364. The Morgan fingerprint density at radius 1 is 0.861 bits per heavy atom. The largest absolute Gasteiger partial charge is 0.496 e. The molecule has 2 aromatic carbocycles. The summed E-state index contributed by atoms with van der Waals surface area (Å²) >= 11 is 0. The smallest absolute Gasteiger partial charge is 0.122 e. The molecule has 0 unspecified atom stereocenters. The molecule has 1 aliphatic carbocycles. The molecule has 196 valence electrons. The molecule has 2 aromatic rings. The van der Waals surface area contributed by atoms with Gasteiger partial charge in [0.25, 0.3) is 0 Å². The second-order valence-corrected chi connectivity index (χ2v) is 11.0. The van der Waals surface area contributed by atoms with Crippen molar-refractivity contribution in [3.8, 4) is 11.5 Å². The summed E-state index contributed by atoms with van der Waals surface area (Å²) in [5, 5.41) is 0. The molecule has 0 heterocycles. The molecule has 4 nitrogen and oxygen atoms in total. The highest BCUT2D eigenvalue weighted by molar-refractivity contribution is 5.48. The molecule has 0 fully saturated rings. The summed E-state index contributed by atoms with van der Waals surface area (Å²) < 4.78 is 11.8. The third-order valence-corrected chi connectivity index (χ3v) is 7.44. The van der Waals surface area contributed by atoms with E-state index in [0.29, 0.717) is 5.92 Å². The second kappa shape index (κ2) is 12.6. The zero-order valence-electron chi connectivity index (χ0n) is 23.7. The SMILES string of the molecule is C=C(C)[C@@H]1[C@@H](c2cc(CCN(C)C)ccc2OC)C=C(C)C[C@H]1c1cc(CCN(C)C)ccc1OC. The van der Waals surface area contributed by atoms with Gasteiger partial charge in [-0.25, -0.2) is 0 Å². The van der Waals surface area contributed by atoms with Gasteiger partial charge in [0, 0.05) is 24.6 Å². The van der Waals surface area contributed by atoms with E-state index in [1.165, 1.54) is 33.4 Å². The van der Waals surface area contributed by atoms with Crippen molar-refractivity contribution in [3.63, 3.8) is 0 Å². The molecule has 0 saturated heterocycles. The molecule has 0 bridgehead atoms. The fraction of sp³-hybridized carbons (Fsp3) is 0.500. The summed E-state index contributed by atoms with van der Waals surface area (Å²) in [4.78, 5) is 4.47. The van der Waals surface area contributed by atoms with E-state index in [4.69, 9.17) is 9.47 Å². The predicted octanol–water partition coefficient (Wildman–Crippen LogP) is 6.32. The molecule has 0 saturated carbocycles. The van der Waals surface area contributed by atoms with Crippen LogP contribution in [0.25, 0.3) is 0 Å². The van der Waals surface area contributed by atoms with Crippen LogP contribution in [0.2, 0.25) is 0 Å². The first-order valence-electron chi connectivity index (χ1n) is 13.1. The Bertz CT molecular complexity index is 1070. The van der Waals surface area contributed by atoms with Gasteiger partial charge in [-0.3, -0.25) is 0 Å². The molecule has 36 heavy (non-hydrogen) atoms. The molecular weight excluding hydrogens is 444 g/mol. The van der Waals surface area contributed by atoms with Crippen molar-refractivity contribution < 1.29 is 9.47 Å². The summed E-state index contributed by atoms with van der Waals surface area (Å²) in [6.07, 6.45) is 5.49. The lowest BCUT2D eigenvalue weighted by Crippen LogP contribution is -2.26. The van der Waals surface area contributed by atoms with Crippen molar-refractivity contribution in [1.29, 1.82) is 0 Å². The van der Waals surface area contributed by atoms with Crippen molar-refractivity contribution >= 4 is 0 Å². The third-order valence-electron chi connectivity index (χ3n) is 7.44. The molecule has 0 amide bonds. The number of benzene rings is 2. The lowest BCUT2D eigenvalue weighted by Gasteiger charge is -2.39. The van der Waals surface area contributed by atoms with Crippen molar-refractivity contribution in [2.24, 2.45) is 5.92 Å². The minimum absolute atomic E-state index is 0.200. The Labute approximate surface area is 219 Å². The van der Waals surface area contributed by atoms with Crippen LogP contribution in [-0.2, 0) is 12.8 Å². The maximum absolute atomic E-state index is 5.91. The number of rotatable bonds is 11. The standard InChI is InChI=1S/C32H46N2O2/c1-22(2)32-28(26-20-24(14-16-33(4)5)10-12-30(26)35-8)18-23(3)19-29(32)27-21-25(15-17-34(6)7)11-13-31(27)36-9/h10-13,18,20-21,28-29,32H,1,14-17,19H2,2-9H3/t28-,29+,32-/m1/s1. The van der Waals surface area contributed by atoms with E-state index in [9.17, 15) is 0 Å². The van der Waals surface area contributed by atoms with Gasteiger partial charge in [0.1, 0.15) is 11.5 Å². The highest BCUT2D eigenvalue weighted by Gasteiger charge is 2.37. The highest BCUT2D eigenvalue weighted by atomic mass is 16.5. The lowest BCUT2D eigenvalue weighted by atomic mass is 9.65. The van der Waals surface area contributed by atoms with Gasteiger partial charge in [-0.05, 0) is 102 Å². The summed E-state index contributed by atoms with van der Waals surface area (Å²) in [5.41, 5.74) is 7.86. The van der Waals surface area contributed by atoms with Crippen LogP contribution < -0.4 is 9.47 Å². The predicted molar refractivity (Wildman–Crippen MR) is 153 cm³/mol. The highest BCUT2D eigenvalue weighted by Crippen LogP contribution is 2.51. The minimum atomic E-state index is 0.200. The summed E-state index contributed by atoms with van der Waals surface area (Å²) in [6.45, 7) is 11.0. The molecule has 4 heteroatoms. The number of ether oxygens (including phenoxy) is 2. The van der Waals surface area contributed by atoms with Crippen molar-refractivity contribution in [2.75, 3.05) is 55.5 Å². The maximum Gasteiger partial charge on any atom is 0.122 e. The fourth-order valence-corrected chi connectivity index (χ4v) is 5.57. The normalized spacial score (nSPS) is 19.9. The molecule has 3 rings (SSSR count). The quantitative estimate of drug-likeness (QED) is 0.344. The van der Waals surface area contributed by atoms with Crippen LogP contribution in [0.15, 0.2) is 60.2 Å². The Hall–Kier alpha value is -2.56. The molecule has 0 spiro atoms. The van der Waals surface area contributed by atoms with Gasteiger partial charge < -0.3 is 19.3 Å². The van der Waals surface area contributed by atoms with Crippen LogP contribution in [0.4, 0.5) is 0 Å². The van der Waals surface area contributed by atoms with Crippen LogP contribution in [0.1, 0.15) is 54.4 Å². The van der Waals surface area contributed by atoms with Gasteiger partial charge in [-0.15, -0.1) is 0 Å². The van der Waals surface area contributed by atoms with E-state index in [2.05, 4.69) is 101 Å². The Morgan fingerprint density at radius 3 is 1.83 bits per heavy atom. The monoisotopic (exact) mass is 490 g/mol. The molecule has 0 aliphatic heterocycles. The van der Waals surface area contributed by atoms with E-state index >= 15 is 0 Å². The Balaban J connectivity index is 2.08. The number of nitrogens with zero attached hydrogens (tertiary/aromatic N) is 2. The average molecular weight is 491 g/mol. The van der Waals surface area contributed by atoms with Gasteiger partial charge in [0.15, 0.2) is 0 Å². The van der Waals surface area contributed by atoms with Crippen LogP contribution in [-0.4, -0.2) is 65.3 Å². The van der Waals surface area contributed by atoms with Gasteiger partial charge in [0.05, 0.1) is 14.2 Å². The first-order chi connectivity index (χ1) is 17.1. The van der Waals surface area contributed by atoms with E-state index in [-0.39, 0.29) is 11.8 Å². The molecular formula is C32H46N2O2. The Kier molecular flexibility index (Phi) is 9.81. The van der Waals surface area contributed by atoms with Crippen LogP contribution in [0, 0.1) is 5.92 Å². The van der Waals surface area contributed by atoms with Crippen molar-refractivity contribution in [1.82, 2.24) is 9.80 Å². The molecule has 0 aromatic heterocycles. The molecule has 0 radical (unpaired) electrons. The fourth-order valence-electron chi connectivity index (χ4n) is 5.57. The van der Waals surface area contributed by atoms with E-state index in [1.807, 2.05) is 0 Å². The number of likely N-dealkylation sites (N-methyl/N-ethyl adjacent to an activating group) is 2. The van der Waals surface area contributed by atoms with Crippen LogP contribution >= 0.6 is 0 Å². The summed E-state index contributed by atoms with van der Waals surface area (Å²) in [6, 6.07) is 13.5. The number of methoxy groups -OCH3 is 2. The summed E-state index contributed by atoms with van der Waals surface area (Å²) in [5.74, 6) is 2.67. The second-order valence-electron chi connectivity index (χ2n) is 11.0. The van der Waals surface area contributed by atoms with E-state index in [1.54, 1.807) is 14.2 Å². The first kappa shape index (κ1) is 28.0. The maximum atomic E-state index is 5.91. The molecule has 0 N–H and O–H groups in total. The summed E-state index contributed by atoms with van der Waals surface area (Å²) in [7, 11) is 12.1. The van der Waals surface area contributed by atoms with E-state index < -0.39 is 0 Å². The minimum Gasteiger partial charge on any atom is -0.496 e. The van der Waals surface area contributed by atoms with Gasteiger partial charge in [0.2, 0.25) is 0 Å². The van der Waals surface area contributed by atoms with Gasteiger partial charge in [-0.1, -0.05) is 48.1 Å². The van der Waals surface area contributed by atoms with Crippen LogP contribution in [0.5, 0.6) is 11.5 Å². The zero-order valence-corrected chi connectivity index (χ0v) is 23.7. The topological polar surface area (TPSA) is 24.9 Å². The van der Waals surface area contributed by atoms with Crippen molar-refractivity contribution in [2.45, 2.75) is 44.9 Å². The number of allylic oxidation sites excluding steroid dienone is 3. The zero-order chi connectivity index (χ0) is 26.4. The first-order valence-corrected chi connectivity index (χ1v) is 13.1. The van der Waals surface area contributed by atoms with Gasteiger partial charge in [-0.2, -0.15) is 0 Å². The molecule has 3 atom stereocenters. The third kappa shape index (κ3) is 6.80. The van der Waals surface area contributed by atoms with Crippen LogP contribution in [0.3, 0.4) is 0 Å². The van der Waals surface area contributed by atoms with E-state index in [0.717, 1.165) is 43.9 Å². The Morgan fingerprint density at radius 2 is 1.36 bits per heavy atom. The van der Waals surface area contributed by atoms with Gasteiger partial charge >= 0.3 is 0 Å².